The van der Waals surface area contributed by atoms with Gasteiger partial charge in [-0.2, -0.15) is 0 Å². The standard InChI is InChI=1S/C11H19NO2S/c1-3-14-11(15)9(2)10(13)12-7-5-4-6-8-12/h9H,3-8H2,1-2H3. The largest absolute Gasteiger partial charge is 0.487 e. The number of carbonyl (C=O) groups excluding carboxylic acids is 1. The first-order chi connectivity index (χ1) is 7.16. The van der Waals surface area contributed by atoms with Crippen molar-refractivity contribution in [3.05, 3.63) is 0 Å². The predicted molar refractivity (Wildman–Crippen MR) is 63.8 cm³/mol. The van der Waals surface area contributed by atoms with E-state index >= 15 is 0 Å². The summed E-state index contributed by atoms with van der Waals surface area (Å²) in [6.45, 7) is 5.99. The maximum absolute atomic E-state index is 12.0. The van der Waals surface area contributed by atoms with E-state index < -0.39 is 0 Å². The highest BCUT2D eigenvalue weighted by Gasteiger charge is 2.25. The average Bonchev–Trinajstić information content (AvgIpc) is 2.28. The van der Waals surface area contributed by atoms with Crippen molar-refractivity contribution in [2.45, 2.75) is 33.1 Å². The number of nitrogens with zero attached hydrogens (tertiary/aromatic N) is 1. The van der Waals surface area contributed by atoms with Gasteiger partial charge < -0.3 is 9.64 Å². The van der Waals surface area contributed by atoms with E-state index in [9.17, 15) is 4.79 Å². The highest BCUT2D eigenvalue weighted by molar-refractivity contribution is 7.80. The van der Waals surface area contributed by atoms with E-state index in [1.807, 2.05) is 18.7 Å². The van der Waals surface area contributed by atoms with Gasteiger partial charge in [0.25, 0.3) is 0 Å². The first-order valence-corrected chi connectivity index (χ1v) is 6.03. The van der Waals surface area contributed by atoms with Crippen molar-refractivity contribution in [3.63, 3.8) is 0 Å². The van der Waals surface area contributed by atoms with Crippen LogP contribution in [-0.2, 0) is 9.53 Å². The fraction of sp³-hybridized carbons (Fsp3) is 0.818. The summed E-state index contributed by atoms with van der Waals surface area (Å²) < 4.78 is 5.20. The molecule has 0 aromatic heterocycles. The molecule has 1 fully saturated rings. The van der Waals surface area contributed by atoms with E-state index in [4.69, 9.17) is 17.0 Å². The van der Waals surface area contributed by atoms with Crippen molar-refractivity contribution in [2.75, 3.05) is 19.7 Å². The summed E-state index contributed by atoms with van der Waals surface area (Å²) in [6, 6.07) is 0. The van der Waals surface area contributed by atoms with Crippen molar-refractivity contribution in [1.29, 1.82) is 0 Å². The van der Waals surface area contributed by atoms with Gasteiger partial charge >= 0.3 is 0 Å². The number of carbonyl (C=O) groups is 1. The molecule has 1 aliphatic rings. The normalized spacial score (nSPS) is 18.4. The van der Waals surface area contributed by atoms with E-state index in [-0.39, 0.29) is 11.8 Å². The molecule has 1 rings (SSSR count). The Morgan fingerprint density at radius 2 is 2.00 bits per heavy atom. The number of ether oxygens (including phenoxy) is 1. The van der Waals surface area contributed by atoms with Gasteiger partial charge in [-0.1, -0.05) is 0 Å². The Morgan fingerprint density at radius 3 is 2.53 bits per heavy atom. The fourth-order valence-electron chi connectivity index (χ4n) is 1.76. The van der Waals surface area contributed by atoms with E-state index in [1.54, 1.807) is 0 Å². The summed E-state index contributed by atoms with van der Waals surface area (Å²) in [5.74, 6) is -0.161. The molecule has 15 heavy (non-hydrogen) atoms. The van der Waals surface area contributed by atoms with Crippen LogP contribution < -0.4 is 0 Å². The molecule has 4 heteroatoms. The number of piperidine rings is 1. The summed E-state index contributed by atoms with van der Waals surface area (Å²) in [4.78, 5) is 13.9. The quantitative estimate of drug-likeness (QED) is 0.693. The van der Waals surface area contributed by atoms with Crippen LogP contribution in [0.2, 0.25) is 0 Å². The zero-order valence-corrected chi connectivity index (χ0v) is 10.3. The lowest BCUT2D eigenvalue weighted by Gasteiger charge is -2.29. The Bertz CT molecular complexity index is 237. The summed E-state index contributed by atoms with van der Waals surface area (Å²) >= 11 is 5.05. The summed E-state index contributed by atoms with van der Waals surface area (Å²) in [5, 5.41) is 0.424. The van der Waals surface area contributed by atoms with E-state index in [0.29, 0.717) is 11.7 Å². The van der Waals surface area contributed by atoms with Gasteiger partial charge in [0.05, 0.1) is 6.61 Å². The second kappa shape index (κ2) is 6.05. The Hall–Kier alpha value is -0.640. The number of amides is 1. The van der Waals surface area contributed by atoms with Crippen molar-refractivity contribution in [3.8, 4) is 0 Å². The van der Waals surface area contributed by atoms with Crippen LogP contribution in [0, 0.1) is 5.92 Å². The lowest BCUT2D eigenvalue weighted by Crippen LogP contribution is -2.41. The molecule has 0 saturated carbocycles. The third-order valence-corrected chi connectivity index (χ3v) is 3.15. The average molecular weight is 229 g/mol. The van der Waals surface area contributed by atoms with Gasteiger partial charge in [0, 0.05) is 13.1 Å². The third kappa shape index (κ3) is 3.45. The Labute approximate surface area is 96.8 Å². The number of rotatable bonds is 3. The van der Waals surface area contributed by atoms with E-state index in [2.05, 4.69) is 0 Å². The molecular formula is C11H19NO2S. The highest BCUT2D eigenvalue weighted by Crippen LogP contribution is 2.13. The minimum absolute atomic E-state index is 0.119. The van der Waals surface area contributed by atoms with Crippen LogP contribution in [0.5, 0.6) is 0 Å². The van der Waals surface area contributed by atoms with Gasteiger partial charge in [0.15, 0.2) is 5.05 Å². The molecule has 0 aromatic rings. The monoisotopic (exact) mass is 229 g/mol. The van der Waals surface area contributed by atoms with Gasteiger partial charge in [-0.25, -0.2) is 0 Å². The van der Waals surface area contributed by atoms with Crippen LogP contribution in [0.4, 0.5) is 0 Å². The van der Waals surface area contributed by atoms with Crippen LogP contribution in [0.25, 0.3) is 0 Å². The molecule has 1 unspecified atom stereocenters. The molecule has 0 N–H and O–H groups in total. The van der Waals surface area contributed by atoms with Gasteiger partial charge in [-0.15, -0.1) is 0 Å². The molecule has 0 radical (unpaired) electrons. The van der Waals surface area contributed by atoms with Crippen molar-refractivity contribution in [2.24, 2.45) is 5.92 Å². The highest BCUT2D eigenvalue weighted by atomic mass is 32.1. The molecule has 0 aromatic carbocycles. The minimum atomic E-state index is -0.280. The smallest absolute Gasteiger partial charge is 0.233 e. The zero-order valence-electron chi connectivity index (χ0n) is 9.49. The van der Waals surface area contributed by atoms with Crippen molar-refractivity contribution < 1.29 is 9.53 Å². The molecule has 3 nitrogen and oxygen atoms in total. The van der Waals surface area contributed by atoms with Crippen LogP contribution in [0.3, 0.4) is 0 Å². The third-order valence-electron chi connectivity index (χ3n) is 2.68. The lowest BCUT2D eigenvalue weighted by atomic mass is 10.1. The summed E-state index contributed by atoms with van der Waals surface area (Å²) in [7, 11) is 0. The van der Waals surface area contributed by atoms with Crippen molar-refractivity contribution >= 4 is 23.2 Å². The van der Waals surface area contributed by atoms with Crippen LogP contribution in [0.15, 0.2) is 0 Å². The molecule has 0 spiro atoms. The molecule has 1 aliphatic heterocycles. The maximum Gasteiger partial charge on any atom is 0.233 e. The van der Waals surface area contributed by atoms with Gasteiger partial charge in [-0.05, 0) is 45.3 Å². The van der Waals surface area contributed by atoms with E-state index in [1.165, 1.54) is 6.42 Å². The first kappa shape index (κ1) is 12.4. The lowest BCUT2D eigenvalue weighted by molar-refractivity contribution is -0.134. The predicted octanol–water partition coefficient (Wildman–Crippen LogP) is 2.00. The number of likely N-dealkylation sites (tertiary alicyclic amines) is 1. The van der Waals surface area contributed by atoms with Crippen LogP contribution in [0.1, 0.15) is 33.1 Å². The van der Waals surface area contributed by atoms with Crippen molar-refractivity contribution in [1.82, 2.24) is 4.90 Å². The van der Waals surface area contributed by atoms with Gasteiger partial charge in [0.1, 0.15) is 5.92 Å². The maximum atomic E-state index is 12.0. The SMILES string of the molecule is CCOC(=S)C(C)C(=O)N1CCCCC1. The zero-order chi connectivity index (χ0) is 11.3. The Balaban J connectivity index is 2.47. The molecule has 0 aliphatic carbocycles. The van der Waals surface area contributed by atoms with Gasteiger partial charge in [0.2, 0.25) is 5.91 Å². The molecule has 86 valence electrons. The number of hydrogen-bond acceptors (Lipinski definition) is 3. The number of thiocarbonyl (C=S) groups is 1. The topological polar surface area (TPSA) is 29.5 Å². The van der Waals surface area contributed by atoms with E-state index in [0.717, 1.165) is 25.9 Å². The first-order valence-electron chi connectivity index (χ1n) is 5.62. The summed E-state index contributed by atoms with van der Waals surface area (Å²) in [6.07, 6.45) is 3.45. The summed E-state index contributed by atoms with van der Waals surface area (Å²) in [5.41, 5.74) is 0. The molecular weight excluding hydrogens is 210 g/mol. The second-order valence-corrected chi connectivity index (χ2v) is 4.26. The minimum Gasteiger partial charge on any atom is -0.487 e. The van der Waals surface area contributed by atoms with Gasteiger partial charge in [-0.3, -0.25) is 4.79 Å². The Kier molecular flexibility index (Phi) is 5.02. The number of hydrogen-bond donors (Lipinski definition) is 0. The second-order valence-electron chi connectivity index (χ2n) is 3.86. The fourth-order valence-corrected chi connectivity index (χ4v) is 1.97. The van der Waals surface area contributed by atoms with Crippen LogP contribution in [-0.4, -0.2) is 35.6 Å². The van der Waals surface area contributed by atoms with Crippen LogP contribution >= 0.6 is 12.2 Å². The molecule has 0 bridgehead atoms. The molecule has 1 heterocycles. The molecule has 1 atom stereocenters. The Morgan fingerprint density at radius 1 is 1.40 bits per heavy atom. The molecule has 1 saturated heterocycles. The molecule has 1 amide bonds.